The number of carbonyl (C=O) groups is 1. The standard InChI is InChI=1S/C15H13NO4S/c1-20-15-7-4-12(8-14(15)16(18)19)10-21-13-5-2-11(9-17)3-6-13/h2-9H,10H2,1H3. The van der Waals surface area contributed by atoms with E-state index in [0.717, 1.165) is 16.7 Å². The average Bonchev–Trinajstić information content (AvgIpc) is 2.53. The Bertz CT molecular complexity index is 655. The van der Waals surface area contributed by atoms with Crippen LogP contribution in [0.1, 0.15) is 15.9 Å². The van der Waals surface area contributed by atoms with Gasteiger partial charge in [0, 0.05) is 22.3 Å². The van der Waals surface area contributed by atoms with Crippen molar-refractivity contribution in [2.45, 2.75) is 10.6 Å². The van der Waals surface area contributed by atoms with E-state index in [-0.39, 0.29) is 11.4 Å². The highest BCUT2D eigenvalue weighted by Gasteiger charge is 2.15. The fourth-order valence-corrected chi connectivity index (χ4v) is 2.62. The Kier molecular flexibility index (Phi) is 4.94. The Balaban J connectivity index is 2.10. The maximum absolute atomic E-state index is 11.0. The van der Waals surface area contributed by atoms with E-state index >= 15 is 0 Å². The second kappa shape index (κ2) is 6.90. The predicted octanol–water partition coefficient (Wildman–Crippen LogP) is 3.71. The molecule has 0 N–H and O–H groups in total. The summed E-state index contributed by atoms with van der Waals surface area (Å²) in [4.78, 5) is 22.1. The molecule has 108 valence electrons. The maximum atomic E-state index is 11.0. The molecule has 6 heteroatoms. The summed E-state index contributed by atoms with van der Waals surface area (Å²) >= 11 is 1.55. The fraction of sp³-hybridized carbons (Fsp3) is 0.133. The monoisotopic (exact) mass is 303 g/mol. The van der Waals surface area contributed by atoms with Crippen molar-refractivity contribution in [1.29, 1.82) is 0 Å². The van der Waals surface area contributed by atoms with E-state index in [4.69, 9.17) is 4.74 Å². The lowest BCUT2D eigenvalue weighted by molar-refractivity contribution is -0.385. The van der Waals surface area contributed by atoms with Gasteiger partial charge in [-0.25, -0.2) is 0 Å². The molecule has 0 aliphatic heterocycles. The van der Waals surface area contributed by atoms with E-state index in [1.807, 2.05) is 12.1 Å². The zero-order valence-corrected chi connectivity index (χ0v) is 12.1. The van der Waals surface area contributed by atoms with Gasteiger partial charge in [-0.05, 0) is 23.8 Å². The molecule has 0 heterocycles. The largest absolute Gasteiger partial charge is 0.490 e. The second-order valence-electron chi connectivity index (χ2n) is 4.24. The van der Waals surface area contributed by atoms with Gasteiger partial charge in [-0.15, -0.1) is 11.8 Å². The van der Waals surface area contributed by atoms with E-state index in [1.165, 1.54) is 13.2 Å². The molecule has 0 bridgehead atoms. The van der Waals surface area contributed by atoms with Gasteiger partial charge in [-0.1, -0.05) is 18.2 Å². The van der Waals surface area contributed by atoms with Crippen LogP contribution in [0, 0.1) is 10.1 Å². The summed E-state index contributed by atoms with van der Waals surface area (Å²) in [7, 11) is 1.41. The van der Waals surface area contributed by atoms with Crippen molar-refractivity contribution in [1.82, 2.24) is 0 Å². The van der Waals surface area contributed by atoms with Crippen molar-refractivity contribution in [3.8, 4) is 5.75 Å². The topological polar surface area (TPSA) is 69.4 Å². The minimum atomic E-state index is -0.453. The molecule has 0 radical (unpaired) electrons. The summed E-state index contributed by atoms with van der Waals surface area (Å²) in [6.45, 7) is 0. The van der Waals surface area contributed by atoms with Crippen LogP contribution in [0.2, 0.25) is 0 Å². The third-order valence-corrected chi connectivity index (χ3v) is 3.94. The van der Waals surface area contributed by atoms with Crippen molar-refractivity contribution >= 4 is 23.7 Å². The van der Waals surface area contributed by atoms with Gasteiger partial charge in [-0.2, -0.15) is 0 Å². The van der Waals surface area contributed by atoms with E-state index in [2.05, 4.69) is 0 Å². The normalized spacial score (nSPS) is 10.1. The molecular weight excluding hydrogens is 290 g/mol. The first-order chi connectivity index (χ1) is 10.1. The molecule has 0 aliphatic carbocycles. The molecule has 2 aromatic carbocycles. The maximum Gasteiger partial charge on any atom is 0.311 e. The molecule has 0 unspecified atom stereocenters. The molecule has 21 heavy (non-hydrogen) atoms. The minimum Gasteiger partial charge on any atom is -0.490 e. The van der Waals surface area contributed by atoms with Crippen LogP contribution in [-0.4, -0.2) is 18.3 Å². The van der Waals surface area contributed by atoms with Crippen LogP contribution in [0.3, 0.4) is 0 Å². The third kappa shape index (κ3) is 3.82. The summed E-state index contributed by atoms with van der Waals surface area (Å²) < 4.78 is 4.97. The van der Waals surface area contributed by atoms with Crippen LogP contribution < -0.4 is 4.74 Å². The number of aldehydes is 1. The number of nitro benzene ring substituents is 1. The number of hydrogen-bond donors (Lipinski definition) is 0. The lowest BCUT2D eigenvalue weighted by atomic mass is 10.2. The molecule has 0 amide bonds. The predicted molar refractivity (Wildman–Crippen MR) is 81.0 cm³/mol. The van der Waals surface area contributed by atoms with Crippen molar-refractivity contribution in [2.24, 2.45) is 0 Å². The Morgan fingerprint density at radius 1 is 1.24 bits per heavy atom. The molecule has 2 rings (SSSR count). The van der Waals surface area contributed by atoms with Crippen LogP contribution in [0.15, 0.2) is 47.4 Å². The summed E-state index contributed by atoms with van der Waals surface area (Å²) in [5.41, 5.74) is 1.43. The fourth-order valence-electron chi connectivity index (χ4n) is 1.78. The number of methoxy groups -OCH3 is 1. The number of hydrogen-bond acceptors (Lipinski definition) is 5. The number of carbonyl (C=O) groups excluding carboxylic acids is 1. The Morgan fingerprint density at radius 3 is 2.52 bits per heavy atom. The number of benzene rings is 2. The number of thioether (sulfide) groups is 1. The number of nitro groups is 1. The smallest absolute Gasteiger partial charge is 0.311 e. The quantitative estimate of drug-likeness (QED) is 0.352. The van der Waals surface area contributed by atoms with Crippen LogP contribution in [-0.2, 0) is 5.75 Å². The molecule has 0 saturated heterocycles. The molecule has 0 aromatic heterocycles. The summed E-state index contributed by atoms with van der Waals surface area (Å²) in [5, 5.41) is 11.0. The first-order valence-corrected chi connectivity index (χ1v) is 7.12. The van der Waals surface area contributed by atoms with Crippen molar-refractivity contribution < 1.29 is 14.5 Å². The van der Waals surface area contributed by atoms with E-state index in [1.54, 1.807) is 36.0 Å². The Morgan fingerprint density at radius 2 is 1.95 bits per heavy atom. The minimum absolute atomic E-state index is 0.0353. The van der Waals surface area contributed by atoms with Crippen LogP contribution in [0.25, 0.3) is 0 Å². The van der Waals surface area contributed by atoms with Gasteiger partial charge in [0.05, 0.1) is 12.0 Å². The summed E-state index contributed by atoms with van der Waals surface area (Å²) in [5.74, 6) is 0.856. The highest BCUT2D eigenvalue weighted by molar-refractivity contribution is 7.98. The lowest BCUT2D eigenvalue weighted by Gasteiger charge is -2.05. The lowest BCUT2D eigenvalue weighted by Crippen LogP contribution is -1.95. The second-order valence-corrected chi connectivity index (χ2v) is 5.29. The van der Waals surface area contributed by atoms with Gasteiger partial charge in [0.2, 0.25) is 0 Å². The third-order valence-electron chi connectivity index (χ3n) is 2.86. The van der Waals surface area contributed by atoms with Gasteiger partial charge in [0.25, 0.3) is 0 Å². The van der Waals surface area contributed by atoms with Crippen LogP contribution >= 0.6 is 11.8 Å². The van der Waals surface area contributed by atoms with Crippen LogP contribution in [0.4, 0.5) is 5.69 Å². The molecule has 5 nitrogen and oxygen atoms in total. The summed E-state index contributed by atoms with van der Waals surface area (Å²) in [6.07, 6.45) is 0.793. The van der Waals surface area contributed by atoms with Gasteiger partial charge < -0.3 is 4.74 Å². The van der Waals surface area contributed by atoms with Crippen molar-refractivity contribution in [3.63, 3.8) is 0 Å². The first kappa shape index (κ1) is 15.1. The molecule has 0 atom stereocenters. The van der Waals surface area contributed by atoms with E-state index in [0.29, 0.717) is 11.3 Å². The molecule has 0 aliphatic rings. The zero-order chi connectivity index (χ0) is 15.2. The Hall–Kier alpha value is -2.34. The van der Waals surface area contributed by atoms with Crippen molar-refractivity contribution in [2.75, 3.05) is 7.11 Å². The first-order valence-electron chi connectivity index (χ1n) is 6.13. The van der Waals surface area contributed by atoms with Crippen LogP contribution in [0.5, 0.6) is 5.75 Å². The highest BCUT2D eigenvalue weighted by atomic mass is 32.2. The van der Waals surface area contributed by atoms with Gasteiger partial charge in [0.1, 0.15) is 6.29 Å². The average molecular weight is 303 g/mol. The Labute approximate surface area is 126 Å². The zero-order valence-electron chi connectivity index (χ0n) is 11.3. The molecule has 0 saturated carbocycles. The molecule has 2 aromatic rings. The number of rotatable bonds is 6. The van der Waals surface area contributed by atoms with Gasteiger partial charge in [-0.3, -0.25) is 14.9 Å². The summed E-state index contributed by atoms with van der Waals surface area (Å²) in [6, 6.07) is 12.1. The van der Waals surface area contributed by atoms with E-state index in [9.17, 15) is 14.9 Å². The van der Waals surface area contributed by atoms with E-state index < -0.39 is 4.92 Å². The molecular formula is C15H13NO4S. The number of ether oxygens (including phenoxy) is 1. The van der Waals surface area contributed by atoms with Crippen molar-refractivity contribution in [3.05, 3.63) is 63.7 Å². The van der Waals surface area contributed by atoms with Gasteiger partial charge >= 0.3 is 5.69 Å². The molecule has 0 spiro atoms. The molecule has 0 fully saturated rings. The SMILES string of the molecule is COc1ccc(CSc2ccc(C=O)cc2)cc1[N+](=O)[O-]. The highest BCUT2D eigenvalue weighted by Crippen LogP contribution is 2.30. The number of nitrogens with zero attached hydrogens (tertiary/aromatic N) is 1. The van der Waals surface area contributed by atoms with Gasteiger partial charge in [0.15, 0.2) is 5.75 Å².